The van der Waals surface area contributed by atoms with E-state index < -0.39 is 0 Å². The molecule has 0 atom stereocenters. The molecule has 1 saturated heterocycles. The molecule has 3 heteroatoms. The van der Waals surface area contributed by atoms with E-state index in [0.717, 1.165) is 18.2 Å². The molecule has 0 spiro atoms. The van der Waals surface area contributed by atoms with Crippen LogP contribution in [0, 0.1) is 5.92 Å². The summed E-state index contributed by atoms with van der Waals surface area (Å²) in [5, 5.41) is 3.31. The van der Waals surface area contributed by atoms with Crippen molar-refractivity contribution in [3.05, 3.63) is 29.8 Å². The second kappa shape index (κ2) is 6.03. The van der Waals surface area contributed by atoms with E-state index >= 15 is 0 Å². The minimum atomic E-state index is 0.891. The van der Waals surface area contributed by atoms with Crippen LogP contribution in [0.5, 0.6) is 5.75 Å². The predicted octanol–water partition coefficient (Wildman–Crippen LogP) is 1.74. The highest BCUT2D eigenvalue weighted by Gasteiger charge is 2.16. The van der Waals surface area contributed by atoms with E-state index in [9.17, 15) is 0 Å². The molecule has 0 unspecified atom stereocenters. The third-order valence-electron chi connectivity index (χ3n) is 3.37. The number of hydrogen-bond acceptors (Lipinski definition) is 3. The van der Waals surface area contributed by atoms with Gasteiger partial charge >= 0.3 is 0 Å². The Morgan fingerprint density at radius 3 is 2.88 bits per heavy atom. The zero-order valence-corrected chi connectivity index (χ0v) is 10.8. The average molecular weight is 234 g/mol. The maximum atomic E-state index is 5.23. The van der Waals surface area contributed by atoms with Crippen LogP contribution in [0.3, 0.4) is 0 Å². The first-order chi connectivity index (χ1) is 8.28. The van der Waals surface area contributed by atoms with Gasteiger partial charge in [-0.3, -0.25) is 0 Å². The summed E-state index contributed by atoms with van der Waals surface area (Å²) >= 11 is 0. The molecule has 1 heterocycles. The molecule has 2 rings (SSSR count). The third-order valence-corrected chi connectivity index (χ3v) is 3.37. The summed E-state index contributed by atoms with van der Waals surface area (Å²) in [7, 11) is 3.90. The van der Waals surface area contributed by atoms with E-state index in [1.807, 2.05) is 6.07 Å². The predicted molar refractivity (Wildman–Crippen MR) is 70.3 cm³/mol. The third kappa shape index (κ3) is 3.72. The topological polar surface area (TPSA) is 24.5 Å². The van der Waals surface area contributed by atoms with Gasteiger partial charge in [0.25, 0.3) is 0 Å². The lowest BCUT2D eigenvalue weighted by Gasteiger charge is -2.29. The standard InChI is InChI=1S/C14H22N2O/c1-16(7-6-13-9-15-10-13)11-12-4-3-5-14(8-12)17-2/h3-5,8,13,15H,6-7,9-11H2,1-2H3. The fourth-order valence-corrected chi connectivity index (χ4v) is 2.12. The number of methoxy groups -OCH3 is 1. The molecule has 17 heavy (non-hydrogen) atoms. The summed E-state index contributed by atoms with van der Waals surface area (Å²) in [4.78, 5) is 2.38. The molecule has 0 amide bonds. The Morgan fingerprint density at radius 1 is 1.41 bits per heavy atom. The van der Waals surface area contributed by atoms with Gasteiger partial charge in [0.2, 0.25) is 0 Å². The van der Waals surface area contributed by atoms with Gasteiger partial charge in [-0.2, -0.15) is 0 Å². The Kier molecular flexibility index (Phi) is 4.40. The van der Waals surface area contributed by atoms with Crippen LogP contribution in [0.2, 0.25) is 0 Å². The molecule has 0 bridgehead atoms. The van der Waals surface area contributed by atoms with E-state index in [-0.39, 0.29) is 0 Å². The van der Waals surface area contributed by atoms with Crippen LogP contribution in [-0.2, 0) is 6.54 Å². The molecule has 1 fully saturated rings. The zero-order valence-electron chi connectivity index (χ0n) is 10.8. The molecule has 1 aliphatic rings. The molecular weight excluding hydrogens is 212 g/mol. The Morgan fingerprint density at radius 2 is 2.24 bits per heavy atom. The minimum Gasteiger partial charge on any atom is -0.497 e. The lowest BCUT2D eigenvalue weighted by molar-refractivity contribution is 0.252. The maximum Gasteiger partial charge on any atom is 0.119 e. The number of nitrogens with zero attached hydrogens (tertiary/aromatic N) is 1. The molecule has 1 aromatic carbocycles. The second-order valence-corrected chi connectivity index (χ2v) is 4.90. The van der Waals surface area contributed by atoms with Crippen molar-refractivity contribution in [2.24, 2.45) is 5.92 Å². The monoisotopic (exact) mass is 234 g/mol. The second-order valence-electron chi connectivity index (χ2n) is 4.90. The van der Waals surface area contributed by atoms with E-state index in [1.54, 1.807) is 7.11 Å². The summed E-state index contributed by atoms with van der Waals surface area (Å²) in [6.45, 7) is 4.57. The van der Waals surface area contributed by atoms with Gasteiger partial charge in [-0.15, -0.1) is 0 Å². The smallest absolute Gasteiger partial charge is 0.119 e. The molecule has 1 aromatic rings. The fraction of sp³-hybridized carbons (Fsp3) is 0.571. The van der Waals surface area contributed by atoms with Crippen LogP contribution in [0.4, 0.5) is 0 Å². The van der Waals surface area contributed by atoms with E-state index in [4.69, 9.17) is 4.74 Å². The van der Waals surface area contributed by atoms with Crippen molar-refractivity contribution in [1.29, 1.82) is 0 Å². The first-order valence-electron chi connectivity index (χ1n) is 6.30. The normalized spacial score (nSPS) is 15.9. The Labute approximate surface area is 104 Å². The van der Waals surface area contributed by atoms with Crippen LogP contribution in [0.15, 0.2) is 24.3 Å². The van der Waals surface area contributed by atoms with Crippen molar-refractivity contribution in [2.45, 2.75) is 13.0 Å². The van der Waals surface area contributed by atoms with Gasteiger partial charge in [0, 0.05) is 6.54 Å². The van der Waals surface area contributed by atoms with Crippen molar-refractivity contribution in [1.82, 2.24) is 10.2 Å². The molecular formula is C14H22N2O. The summed E-state index contributed by atoms with van der Waals surface area (Å²) in [6.07, 6.45) is 1.30. The largest absolute Gasteiger partial charge is 0.497 e. The van der Waals surface area contributed by atoms with Crippen molar-refractivity contribution >= 4 is 0 Å². The van der Waals surface area contributed by atoms with Crippen LogP contribution >= 0.6 is 0 Å². The zero-order chi connectivity index (χ0) is 12.1. The number of rotatable bonds is 6. The summed E-state index contributed by atoms with van der Waals surface area (Å²) in [5.41, 5.74) is 1.32. The van der Waals surface area contributed by atoms with Gasteiger partial charge < -0.3 is 15.0 Å². The van der Waals surface area contributed by atoms with Crippen molar-refractivity contribution in [3.63, 3.8) is 0 Å². The van der Waals surface area contributed by atoms with E-state index in [2.05, 4.69) is 35.5 Å². The van der Waals surface area contributed by atoms with Gasteiger partial charge in [-0.1, -0.05) is 12.1 Å². The van der Waals surface area contributed by atoms with Gasteiger partial charge in [-0.05, 0) is 56.7 Å². The minimum absolute atomic E-state index is 0.891. The molecule has 3 nitrogen and oxygen atoms in total. The summed E-state index contributed by atoms with van der Waals surface area (Å²) in [5.74, 6) is 1.84. The molecule has 1 aliphatic heterocycles. The van der Waals surface area contributed by atoms with Gasteiger partial charge in [-0.25, -0.2) is 0 Å². The molecule has 0 radical (unpaired) electrons. The molecule has 0 aromatic heterocycles. The lowest BCUT2D eigenvalue weighted by Crippen LogP contribution is -2.43. The average Bonchev–Trinajstić information content (AvgIpc) is 2.27. The highest BCUT2D eigenvalue weighted by atomic mass is 16.5. The molecule has 0 aliphatic carbocycles. The maximum absolute atomic E-state index is 5.23. The number of ether oxygens (including phenoxy) is 1. The van der Waals surface area contributed by atoms with Gasteiger partial charge in [0.05, 0.1) is 7.11 Å². The highest BCUT2D eigenvalue weighted by Crippen LogP contribution is 2.15. The number of hydrogen-bond donors (Lipinski definition) is 1. The summed E-state index contributed by atoms with van der Waals surface area (Å²) in [6, 6.07) is 8.31. The SMILES string of the molecule is COc1cccc(CN(C)CCC2CNC2)c1. The first-order valence-corrected chi connectivity index (χ1v) is 6.30. The number of benzene rings is 1. The molecule has 94 valence electrons. The quantitative estimate of drug-likeness (QED) is 0.811. The Balaban J connectivity index is 1.77. The van der Waals surface area contributed by atoms with Crippen LogP contribution < -0.4 is 10.1 Å². The van der Waals surface area contributed by atoms with Crippen molar-refractivity contribution in [3.8, 4) is 5.75 Å². The highest BCUT2D eigenvalue weighted by molar-refractivity contribution is 5.28. The summed E-state index contributed by atoms with van der Waals surface area (Å²) < 4.78 is 5.23. The van der Waals surface area contributed by atoms with Crippen molar-refractivity contribution in [2.75, 3.05) is 33.8 Å². The molecule has 0 saturated carbocycles. The Hall–Kier alpha value is -1.06. The fourth-order valence-electron chi connectivity index (χ4n) is 2.12. The van der Waals surface area contributed by atoms with E-state index in [0.29, 0.717) is 0 Å². The van der Waals surface area contributed by atoms with Crippen molar-refractivity contribution < 1.29 is 4.74 Å². The van der Waals surface area contributed by atoms with E-state index in [1.165, 1.54) is 31.6 Å². The molecule has 1 N–H and O–H groups in total. The van der Waals surface area contributed by atoms with Gasteiger partial charge in [0.15, 0.2) is 0 Å². The number of nitrogens with one attached hydrogen (secondary N) is 1. The van der Waals surface area contributed by atoms with Crippen LogP contribution in [0.25, 0.3) is 0 Å². The lowest BCUT2D eigenvalue weighted by atomic mass is 9.99. The van der Waals surface area contributed by atoms with Crippen LogP contribution in [-0.4, -0.2) is 38.7 Å². The van der Waals surface area contributed by atoms with Gasteiger partial charge in [0.1, 0.15) is 5.75 Å². The Bertz CT molecular complexity index is 350. The van der Waals surface area contributed by atoms with Crippen LogP contribution in [0.1, 0.15) is 12.0 Å². The first kappa shape index (κ1) is 12.4.